The van der Waals surface area contributed by atoms with Crippen molar-refractivity contribution in [1.29, 1.82) is 0 Å². The molecule has 0 spiro atoms. The van der Waals surface area contributed by atoms with Crippen LogP contribution in [0.5, 0.6) is 0 Å². The van der Waals surface area contributed by atoms with E-state index in [0.29, 0.717) is 18.7 Å². The molecule has 1 heterocycles. The highest BCUT2D eigenvalue weighted by Crippen LogP contribution is 2.20. The van der Waals surface area contributed by atoms with Gasteiger partial charge in [0.15, 0.2) is 12.4 Å². The smallest absolute Gasteiger partial charge is 0.253 e. The highest BCUT2D eigenvalue weighted by molar-refractivity contribution is 5.93. The van der Waals surface area contributed by atoms with Crippen LogP contribution in [0.2, 0.25) is 0 Å². The summed E-state index contributed by atoms with van der Waals surface area (Å²) in [7, 11) is 0. The summed E-state index contributed by atoms with van der Waals surface area (Å²) < 4.78 is 4.87. The topological polar surface area (TPSA) is 131 Å². The van der Waals surface area contributed by atoms with Crippen molar-refractivity contribution in [3.05, 3.63) is 0 Å². The van der Waals surface area contributed by atoms with Gasteiger partial charge < -0.3 is 25.9 Å². The van der Waals surface area contributed by atoms with Gasteiger partial charge in [-0.2, -0.15) is 0 Å². The van der Waals surface area contributed by atoms with Gasteiger partial charge in [-0.05, 0) is 18.8 Å². The number of carbonyl (C=O) groups is 4. The van der Waals surface area contributed by atoms with Crippen LogP contribution in [-0.4, -0.2) is 48.8 Å². The number of rotatable bonds is 10. The normalized spacial score (nSPS) is 22.1. The van der Waals surface area contributed by atoms with Gasteiger partial charge in [-0.15, -0.1) is 0 Å². The third kappa shape index (κ3) is 6.35. The fourth-order valence-corrected chi connectivity index (χ4v) is 2.00. The number of carbonyl (C=O) groups excluding carboxylic acids is 4. The van der Waals surface area contributed by atoms with Crippen LogP contribution in [0.1, 0.15) is 33.6 Å². The maximum atomic E-state index is 12.2. The van der Waals surface area contributed by atoms with E-state index in [0.717, 1.165) is 6.42 Å². The first-order valence-corrected chi connectivity index (χ1v) is 7.74. The summed E-state index contributed by atoms with van der Waals surface area (Å²) in [6.07, 6.45) is -0.187. The number of primary amides is 1. The van der Waals surface area contributed by atoms with Gasteiger partial charge in [0, 0.05) is 12.5 Å². The molecule has 1 aliphatic rings. The van der Waals surface area contributed by atoms with E-state index in [2.05, 4.69) is 10.6 Å². The molecule has 0 saturated carbocycles. The summed E-state index contributed by atoms with van der Waals surface area (Å²) in [4.78, 5) is 45.9. The van der Waals surface area contributed by atoms with Crippen LogP contribution < -0.4 is 16.4 Å². The largest absolute Gasteiger partial charge is 0.369 e. The Hall–Kier alpha value is -1.96. The van der Waals surface area contributed by atoms with Crippen LogP contribution in [0, 0.1) is 11.8 Å². The monoisotopic (exact) mass is 327 g/mol. The highest BCUT2D eigenvalue weighted by atomic mass is 16.6. The number of aldehydes is 1. The van der Waals surface area contributed by atoms with E-state index in [-0.39, 0.29) is 12.3 Å². The van der Waals surface area contributed by atoms with Crippen molar-refractivity contribution in [2.75, 3.05) is 6.54 Å². The molecule has 4 unspecified atom stereocenters. The summed E-state index contributed by atoms with van der Waals surface area (Å²) in [6.45, 7) is 6.13. The zero-order valence-electron chi connectivity index (χ0n) is 13.7. The van der Waals surface area contributed by atoms with E-state index in [1.807, 2.05) is 13.8 Å². The second-order valence-corrected chi connectivity index (χ2v) is 6.23. The van der Waals surface area contributed by atoms with Gasteiger partial charge in [0.05, 0.1) is 0 Å². The average Bonchev–Trinajstić information content (AvgIpc) is 3.25. The maximum Gasteiger partial charge on any atom is 0.253 e. The standard InChI is InChI=1S/C15H25N3O5/c1-8(2)4-5-17-14(21)10(6-9(3)13(16)20)18-15(22)12-11(7-19)23-12/h7-12H,4-6H2,1-3H3,(H2,16,20)(H,17,21)(H,18,22). The summed E-state index contributed by atoms with van der Waals surface area (Å²) >= 11 is 0. The van der Waals surface area contributed by atoms with Gasteiger partial charge in [0.2, 0.25) is 11.8 Å². The lowest BCUT2D eigenvalue weighted by Gasteiger charge is -2.20. The molecule has 0 aromatic rings. The molecule has 0 aliphatic carbocycles. The fraction of sp³-hybridized carbons (Fsp3) is 0.733. The summed E-state index contributed by atoms with van der Waals surface area (Å²) in [5, 5.41) is 5.26. The van der Waals surface area contributed by atoms with Crippen molar-refractivity contribution in [2.45, 2.75) is 51.9 Å². The quantitative estimate of drug-likeness (QED) is 0.354. The molecule has 0 aromatic carbocycles. The number of nitrogens with one attached hydrogen (secondary N) is 2. The summed E-state index contributed by atoms with van der Waals surface area (Å²) in [5.74, 6) is -1.61. The predicted molar refractivity (Wildman–Crippen MR) is 82.1 cm³/mol. The van der Waals surface area contributed by atoms with Crippen molar-refractivity contribution in [3.8, 4) is 0 Å². The third-order valence-corrected chi connectivity index (χ3v) is 3.65. The van der Waals surface area contributed by atoms with E-state index in [1.165, 1.54) is 0 Å². The first-order chi connectivity index (χ1) is 10.8. The number of amides is 3. The van der Waals surface area contributed by atoms with Crippen molar-refractivity contribution >= 4 is 24.0 Å². The molecular formula is C15H25N3O5. The van der Waals surface area contributed by atoms with Crippen molar-refractivity contribution in [2.24, 2.45) is 17.6 Å². The number of hydrogen-bond donors (Lipinski definition) is 3. The summed E-state index contributed by atoms with van der Waals surface area (Å²) in [5.41, 5.74) is 5.22. The zero-order valence-corrected chi connectivity index (χ0v) is 13.7. The lowest BCUT2D eigenvalue weighted by molar-refractivity contribution is -0.130. The zero-order chi connectivity index (χ0) is 17.6. The molecule has 1 aliphatic heterocycles. The minimum atomic E-state index is -0.895. The van der Waals surface area contributed by atoms with Gasteiger partial charge in [0.1, 0.15) is 12.1 Å². The SMILES string of the molecule is CC(C)CCNC(=O)C(CC(C)C(N)=O)NC(=O)C1OC1C=O. The molecule has 3 amide bonds. The molecule has 1 rings (SSSR count). The molecular weight excluding hydrogens is 302 g/mol. The molecule has 0 bridgehead atoms. The summed E-state index contributed by atoms with van der Waals surface area (Å²) in [6, 6.07) is -0.895. The lowest BCUT2D eigenvalue weighted by atomic mass is 10.00. The third-order valence-electron chi connectivity index (χ3n) is 3.65. The van der Waals surface area contributed by atoms with Gasteiger partial charge in [-0.25, -0.2) is 0 Å². The molecule has 0 aromatic heterocycles. The molecule has 0 radical (unpaired) electrons. The molecule has 8 nitrogen and oxygen atoms in total. The second-order valence-electron chi connectivity index (χ2n) is 6.23. The van der Waals surface area contributed by atoms with Crippen molar-refractivity contribution in [1.82, 2.24) is 10.6 Å². The van der Waals surface area contributed by atoms with E-state index < -0.39 is 36.0 Å². The number of ether oxygens (including phenoxy) is 1. The molecule has 4 N–H and O–H groups in total. The Bertz CT molecular complexity index is 466. The second kappa shape index (κ2) is 8.61. The number of nitrogens with two attached hydrogens (primary N) is 1. The van der Waals surface area contributed by atoms with Crippen LogP contribution >= 0.6 is 0 Å². The van der Waals surface area contributed by atoms with Crippen molar-refractivity contribution < 1.29 is 23.9 Å². The Morgan fingerprint density at radius 2 is 1.91 bits per heavy atom. The minimum Gasteiger partial charge on any atom is -0.369 e. The average molecular weight is 327 g/mol. The first-order valence-electron chi connectivity index (χ1n) is 7.74. The van der Waals surface area contributed by atoms with E-state index in [4.69, 9.17) is 10.5 Å². The van der Waals surface area contributed by atoms with Crippen molar-refractivity contribution in [3.63, 3.8) is 0 Å². The van der Waals surface area contributed by atoms with Crippen LogP contribution in [0.15, 0.2) is 0 Å². The Balaban J connectivity index is 2.60. The Labute approximate surface area is 135 Å². The van der Waals surface area contributed by atoms with Crippen LogP contribution in [0.3, 0.4) is 0 Å². The Kier molecular flexibility index (Phi) is 7.15. The molecule has 1 saturated heterocycles. The number of epoxide rings is 1. The Morgan fingerprint density at radius 3 is 2.39 bits per heavy atom. The first kappa shape index (κ1) is 19.1. The fourth-order valence-electron chi connectivity index (χ4n) is 2.00. The van der Waals surface area contributed by atoms with Gasteiger partial charge in [0.25, 0.3) is 5.91 Å². The van der Waals surface area contributed by atoms with Crippen LogP contribution in [-0.2, 0) is 23.9 Å². The maximum absolute atomic E-state index is 12.2. The highest BCUT2D eigenvalue weighted by Gasteiger charge is 2.46. The van der Waals surface area contributed by atoms with Crippen LogP contribution in [0.4, 0.5) is 0 Å². The van der Waals surface area contributed by atoms with Gasteiger partial charge in [-0.1, -0.05) is 20.8 Å². The molecule has 1 fully saturated rings. The molecule has 23 heavy (non-hydrogen) atoms. The van der Waals surface area contributed by atoms with Gasteiger partial charge >= 0.3 is 0 Å². The number of hydrogen-bond acceptors (Lipinski definition) is 5. The minimum absolute atomic E-state index is 0.0903. The molecule has 8 heteroatoms. The van der Waals surface area contributed by atoms with E-state index in [9.17, 15) is 19.2 Å². The lowest BCUT2D eigenvalue weighted by Crippen LogP contribution is -2.50. The molecule has 130 valence electrons. The predicted octanol–water partition coefficient (Wildman–Crippen LogP) is -0.889. The van der Waals surface area contributed by atoms with E-state index in [1.54, 1.807) is 6.92 Å². The van der Waals surface area contributed by atoms with Gasteiger partial charge in [-0.3, -0.25) is 14.4 Å². The van der Waals surface area contributed by atoms with Crippen LogP contribution in [0.25, 0.3) is 0 Å². The molecule has 4 atom stereocenters. The van der Waals surface area contributed by atoms with E-state index >= 15 is 0 Å². The Morgan fingerprint density at radius 1 is 1.26 bits per heavy atom.